The second-order valence-corrected chi connectivity index (χ2v) is 9.35. The zero-order chi connectivity index (χ0) is 21.6. The molecule has 1 aliphatic rings. The average Bonchev–Trinajstić information content (AvgIpc) is 3.49. The fourth-order valence-electron chi connectivity index (χ4n) is 3.32. The third kappa shape index (κ3) is 5.71. The van der Waals surface area contributed by atoms with Crippen LogP contribution in [0.1, 0.15) is 28.8 Å². The Morgan fingerprint density at radius 3 is 2.48 bits per heavy atom. The SMILES string of the molecule is O=C(CSc1nc(-c2ccc(F)cc2)cs1)NCc1ccc(C(=O)N2CCCC2)cc1. The first kappa shape index (κ1) is 21.5. The van der Waals surface area contributed by atoms with Crippen molar-refractivity contribution in [2.24, 2.45) is 0 Å². The number of carbonyl (C=O) groups excluding carboxylic acids is 2. The van der Waals surface area contributed by atoms with Crippen molar-refractivity contribution < 1.29 is 14.0 Å². The van der Waals surface area contributed by atoms with Crippen molar-refractivity contribution in [2.45, 2.75) is 23.7 Å². The van der Waals surface area contributed by atoms with Gasteiger partial charge in [-0.05, 0) is 54.8 Å². The van der Waals surface area contributed by atoms with E-state index in [1.165, 1.54) is 35.2 Å². The lowest BCUT2D eigenvalue weighted by Crippen LogP contribution is -2.27. The Labute approximate surface area is 188 Å². The van der Waals surface area contributed by atoms with Crippen molar-refractivity contribution in [3.05, 3.63) is 70.9 Å². The first-order valence-electron chi connectivity index (χ1n) is 10.1. The van der Waals surface area contributed by atoms with Crippen LogP contribution in [0.2, 0.25) is 0 Å². The lowest BCUT2D eigenvalue weighted by Gasteiger charge is -2.15. The van der Waals surface area contributed by atoms with Crippen LogP contribution in [0.5, 0.6) is 0 Å². The van der Waals surface area contributed by atoms with Crippen molar-refractivity contribution in [1.82, 2.24) is 15.2 Å². The number of aromatic nitrogens is 1. The maximum Gasteiger partial charge on any atom is 0.253 e. The number of thiazole rings is 1. The van der Waals surface area contributed by atoms with Gasteiger partial charge in [-0.2, -0.15) is 0 Å². The van der Waals surface area contributed by atoms with E-state index < -0.39 is 0 Å². The summed E-state index contributed by atoms with van der Waals surface area (Å²) in [4.78, 5) is 31.0. The second kappa shape index (κ2) is 10.1. The predicted octanol–water partition coefficient (Wildman–Crippen LogP) is 4.59. The van der Waals surface area contributed by atoms with Crippen molar-refractivity contribution >= 4 is 34.9 Å². The standard InChI is InChI=1S/C23H22FN3O2S2/c24-19-9-7-17(8-10-19)20-14-30-23(26-20)31-15-21(28)25-13-16-3-5-18(6-4-16)22(29)27-11-1-2-12-27/h3-10,14H,1-2,11-13,15H2,(H,25,28). The van der Waals surface area contributed by atoms with Gasteiger partial charge in [0.25, 0.3) is 5.91 Å². The Hall–Kier alpha value is -2.71. The Bertz CT molecular complexity index is 1050. The molecule has 160 valence electrons. The molecule has 3 aromatic rings. The fraction of sp³-hybridized carbons (Fsp3) is 0.261. The number of likely N-dealkylation sites (tertiary alicyclic amines) is 1. The molecule has 2 amide bonds. The van der Waals surface area contributed by atoms with Gasteiger partial charge in [-0.1, -0.05) is 23.9 Å². The van der Waals surface area contributed by atoms with Gasteiger partial charge in [0.1, 0.15) is 5.82 Å². The van der Waals surface area contributed by atoms with Gasteiger partial charge < -0.3 is 10.2 Å². The van der Waals surface area contributed by atoms with Crippen molar-refractivity contribution in [1.29, 1.82) is 0 Å². The fourth-order valence-corrected chi connectivity index (χ4v) is 4.99. The number of nitrogens with zero attached hydrogens (tertiary/aromatic N) is 2. The number of benzene rings is 2. The topological polar surface area (TPSA) is 62.3 Å². The van der Waals surface area contributed by atoms with Gasteiger partial charge in [0.05, 0.1) is 11.4 Å². The molecule has 31 heavy (non-hydrogen) atoms. The van der Waals surface area contributed by atoms with E-state index in [2.05, 4.69) is 10.3 Å². The highest BCUT2D eigenvalue weighted by Gasteiger charge is 2.19. The van der Waals surface area contributed by atoms with Crippen LogP contribution < -0.4 is 5.32 Å². The van der Waals surface area contributed by atoms with E-state index in [1.54, 1.807) is 12.1 Å². The molecule has 8 heteroatoms. The van der Waals surface area contributed by atoms with Crippen molar-refractivity contribution in [2.75, 3.05) is 18.8 Å². The number of amides is 2. The number of thioether (sulfide) groups is 1. The van der Waals surface area contributed by atoms with Gasteiger partial charge in [0.15, 0.2) is 4.34 Å². The van der Waals surface area contributed by atoms with E-state index in [-0.39, 0.29) is 23.4 Å². The van der Waals surface area contributed by atoms with Crippen molar-refractivity contribution in [3.8, 4) is 11.3 Å². The van der Waals surface area contributed by atoms with Crippen LogP contribution in [-0.2, 0) is 11.3 Å². The normalized spacial score (nSPS) is 13.4. The molecule has 1 N–H and O–H groups in total. The van der Waals surface area contributed by atoms with Crippen LogP contribution in [0.15, 0.2) is 58.3 Å². The zero-order valence-corrected chi connectivity index (χ0v) is 18.5. The molecule has 0 atom stereocenters. The second-order valence-electron chi connectivity index (χ2n) is 7.27. The minimum Gasteiger partial charge on any atom is -0.351 e. The van der Waals surface area contributed by atoms with Crippen LogP contribution in [-0.4, -0.2) is 40.5 Å². The molecule has 1 saturated heterocycles. The smallest absolute Gasteiger partial charge is 0.253 e. The molecular weight excluding hydrogens is 433 g/mol. The van der Waals surface area contributed by atoms with Gasteiger partial charge in [0.2, 0.25) is 5.91 Å². The lowest BCUT2D eigenvalue weighted by molar-refractivity contribution is -0.118. The molecule has 0 radical (unpaired) electrons. The Kier molecular flexibility index (Phi) is 6.99. The summed E-state index contributed by atoms with van der Waals surface area (Å²) >= 11 is 2.84. The summed E-state index contributed by atoms with van der Waals surface area (Å²) in [5.41, 5.74) is 3.26. The van der Waals surface area contributed by atoms with Gasteiger partial charge in [-0.15, -0.1) is 11.3 Å². The number of hydrogen-bond acceptors (Lipinski definition) is 5. The third-order valence-electron chi connectivity index (χ3n) is 5.03. The maximum atomic E-state index is 13.0. The number of hydrogen-bond donors (Lipinski definition) is 1. The zero-order valence-electron chi connectivity index (χ0n) is 16.8. The highest BCUT2D eigenvalue weighted by molar-refractivity contribution is 8.01. The molecule has 1 aromatic heterocycles. The van der Waals surface area contributed by atoms with Gasteiger partial charge in [-0.3, -0.25) is 9.59 Å². The molecule has 0 bridgehead atoms. The van der Waals surface area contributed by atoms with Gasteiger partial charge in [0, 0.05) is 36.1 Å². The summed E-state index contributed by atoms with van der Waals surface area (Å²) in [7, 11) is 0. The number of rotatable bonds is 7. The average molecular weight is 456 g/mol. The number of nitrogens with one attached hydrogen (secondary N) is 1. The molecule has 2 aromatic carbocycles. The van der Waals surface area contributed by atoms with E-state index in [9.17, 15) is 14.0 Å². The Morgan fingerprint density at radius 2 is 1.77 bits per heavy atom. The van der Waals surface area contributed by atoms with Crippen molar-refractivity contribution in [3.63, 3.8) is 0 Å². The van der Waals surface area contributed by atoms with Crippen LogP contribution in [0.3, 0.4) is 0 Å². The van der Waals surface area contributed by atoms with Crippen LogP contribution in [0.25, 0.3) is 11.3 Å². The monoisotopic (exact) mass is 455 g/mol. The highest BCUT2D eigenvalue weighted by Crippen LogP contribution is 2.28. The summed E-state index contributed by atoms with van der Waals surface area (Å²) in [6.45, 7) is 2.08. The summed E-state index contributed by atoms with van der Waals surface area (Å²) in [5, 5.41) is 4.80. The largest absolute Gasteiger partial charge is 0.351 e. The lowest BCUT2D eigenvalue weighted by atomic mass is 10.1. The molecule has 0 spiro atoms. The molecule has 4 rings (SSSR count). The summed E-state index contributed by atoms with van der Waals surface area (Å²) in [5.74, 6) is -0.0196. The molecule has 5 nitrogen and oxygen atoms in total. The molecule has 0 saturated carbocycles. The summed E-state index contributed by atoms with van der Waals surface area (Å²) in [6, 6.07) is 13.6. The first-order valence-corrected chi connectivity index (χ1v) is 11.9. The van der Waals surface area contributed by atoms with Crippen LogP contribution in [0, 0.1) is 5.82 Å². The molecule has 2 heterocycles. The number of halogens is 1. The van der Waals surface area contributed by atoms with E-state index in [1.807, 2.05) is 34.5 Å². The van der Waals surface area contributed by atoms with Crippen LogP contribution in [0.4, 0.5) is 4.39 Å². The molecule has 0 unspecified atom stereocenters. The summed E-state index contributed by atoms with van der Waals surface area (Å²) in [6.07, 6.45) is 2.14. The first-order chi connectivity index (χ1) is 15.1. The molecular formula is C23H22FN3O2S2. The quantitative estimate of drug-likeness (QED) is 0.529. The maximum absolute atomic E-state index is 13.0. The minimum atomic E-state index is -0.280. The Morgan fingerprint density at radius 1 is 1.06 bits per heavy atom. The van der Waals surface area contributed by atoms with E-state index in [0.29, 0.717) is 12.1 Å². The molecule has 1 fully saturated rings. The number of carbonyl (C=O) groups is 2. The van der Waals surface area contributed by atoms with Gasteiger partial charge >= 0.3 is 0 Å². The van der Waals surface area contributed by atoms with E-state index >= 15 is 0 Å². The van der Waals surface area contributed by atoms with E-state index in [0.717, 1.165) is 47.1 Å². The van der Waals surface area contributed by atoms with E-state index in [4.69, 9.17) is 0 Å². The molecule has 0 aliphatic carbocycles. The molecule has 1 aliphatic heterocycles. The predicted molar refractivity (Wildman–Crippen MR) is 122 cm³/mol. The third-order valence-corrected chi connectivity index (χ3v) is 7.05. The Balaban J connectivity index is 1.23. The highest BCUT2D eigenvalue weighted by atomic mass is 32.2. The summed E-state index contributed by atoms with van der Waals surface area (Å²) < 4.78 is 13.8. The minimum absolute atomic E-state index is 0.0768. The van der Waals surface area contributed by atoms with Gasteiger partial charge in [-0.25, -0.2) is 9.37 Å². The van der Waals surface area contributed by atoms with Crippen LogP contribution >= 0.6 is 23.1 Å².